The first-order valence-electron chi connectivity index (χ1n) is 8.58. The van der Waals surface area contributed by atoms with Gasteiger partial charge in [-0.3, -0.25) is 19.6 Å². The van der Waals surface area contributed by atoms with E-state index in [4.69, 9.17) is 4.52 Å². The quantitative estimate of drug-likeness (QED) is 0.828. The zero-order valence-electron chi connectivity index (χ0n) is 14.7. The van der Waals surface area contributed by atoms with Crippen LogP contribution in [0.15, 0.2) is 28.9 Å². The normalized spacial score (nSPS) is 16.3. The highest BCUT2D eigenvalue weighted by atomic mass is 16.5. The molecule has 2 aromatic rings. The minimum Gasteiger partial charge on any atom is -0.353 e. The van der Waals surface area contributed by atoms with Gasteiger partial charge in [0.25, 0.3) is 0 Å². The molecule has 0 atom stereocenters. The number of aromatic nitrogens is 3. The number of nitrogens with one attached hydrogen (secondary N) is 1. The van der Waals surface area contributed by atoms with Gasteiger partial charge in [-0.05, 0) is 26.0 Å². The van der Waals surface area contributed by atoms with Crippen molar-refractivity contribution in [2.24, 2.45) is 0 Å². The van der Waals surface area contributed by atoms with Gasteiger partial charge in [0, 0.05) is 38.4 Å². The zero-order valence-corrected chi connectivity index (χ0v) is 14.7. The Labute approximate surface area is 147 Å². The molecule has 0 aromatic carbocycles. The first-order valence-corrected chi connectivity index (χ1v) is 8.58. The Kier molecular flexibility index (Phi) is 5.72. The molecular weight excluding hydrogens is 320 g/mol. The van der Waals surface area contributed by atoms with Crippen molar-refractivity contribution < 1.29 is 9.32 Å². The average Bonchev–Trinajstić information content (AvgIpc) is 3.05. The molecule has 1 aliphatic rings. The van der Waals surface area contributed by atoms with Gasteiger partial charge in [-0.15, -0.1) is 0 Å². The van der Waals surface area contributed by atoms with Gasteiger partial charge in [0.1, 0.15) is 5.69 Å². The number of carbonyl (C=O) groups excluding carboxylic acids is 1. The van der Waals surface area contributed by atoms with Crippen LogP contribution in [0.1, 0.15) is 19.7 Å². The predicted molar refractivity (Wildman–Crippen MR) is 92.5 cm³/mol. The lowest BCUT2D eigenvalue weighted by atomic mass is 10.3. The first-order chi connectivity index (χ1) is 12.1. The summed E-state index contributed by atoms with van der Waals surface area (Å²) in [6.45, 7) is 8.47. The molecule has 0 saturated carbocycles. The topological polar surface area (TPSA) is 87.4 Å². The number of hydrogen-bond donors (Lipinski definition) is 1. The number of carbonyl (C=O) groups is 1. The zero-order chi connectivity index (χ0) is 17.6. The van der Waals surface area contributed by atoms with Crippen LogP contribution in [0, 0.1) is 0 Å². The van der Waals surface area contributed by atoms with Gasteiger partial charge in [-0.25, -0.2) is 0 Å². The summed E-state index contributed by atoms with van der Waals surface area (Å²) in [6.07, 6.45) is 1.71. The Morgan fingerprint density at radius 2 is 2.00 bits per heavy atom. The van der Waals surface area contributed by atoms with E-state index in [0.29, 0.717) is 30.5 Å². The molecule has 3 rings (SSSR count). The Hall–Kier alpha value is -2.32. The maximum Gasteiger partial charge on any atom is 0.241 e. The second-order valence-electron chi connectivity index (χ2n) is 6.50. The third kappa shape index (κ3) is 5.07. The van der Waals surface area contributed by atoms with Crippen molar-refractivity contribution in [2.45, 2.75) is 26.4 Å². The summed E-state index contributed by atoms with van der Waals surface area (Å²) in [7, 11) is 0. The minimum atomic E-state index is 0.0837. The lowest BCUT2D eigenvalue weighted by molar-refractivity contribution is -0.123. The van der Waals surface area contributed by atoms with Gasteiger partial charge >= 0.3 is 0 Å². The van der Waals surface area contributed by atoms with Crippen molar-refractivity contribution in [3.63, 3.8) is 0 Å². The van der Waals surface area contributed by atoms with Crippen LogP contribution in [0.2, 0.25) is 0 Å². The second kappa shape index (κ2) is 8.17. The predicted octanol–water partition coefficient (Wildman–Crippen LogP) is 0.774. The molecule has 3 heterocycles. The van der Waals surface area contributed by atoms with E-state index in [1.165, 1.54) is 0 Å². The number of pyridine rings is 1. The van der Waals surface area contributed by atoms with Gasteiger partial charge in [-0.1, -0.05) is 11.2 Å². The maximum atomic E-state index is 11.8. The molecule has 134 valence electrons. The molecule has 0 bridgehead atoms. The number of nitrogens with zero attached hydrogens (tertiary/aromatic N) is 5. The highest BCUT2D eigenvalue weighted by molar-refractivity contribution is 5.78. The maximum absolute atomic E-state index is 11.8. The summed E-state index contributed by atoms with van der Waals surface area (Å²) in [5.41, 5.74) is 0.707. The van der Waals surface area contributed by atoms with E-state index in [2.05, 4.69) is 30.2 Å². The molecule has 25 heavy (non-hydrogen) atoms. The van der Waals surface area contributed by atoms with Crippen LogP contribution in [-0.4, -0.2) is 69.6 Å². The van der Waals surface area contributed by atoms with Gasteiger partial charge in [0.05, 0.1) is 13.1 Å². The molecule has 1 saturated heterocycles. The van der Waals surface area contributed by atoms with Crippen molar-refractivity contribution in [3.8, 4) is 11.5 Å². The third-order valence-electron chi connectivity index (χ3n) is 4.00. The molecule has 8 heteroatoms. The lowest BCUT2D eigenvalue weighted by Gasteiger charge is -2.33. The fourth-order valence-corrected chi connectivity index (χ4v) is 2.79. The van der Waals surface area contributed by atoms with Gasteiger partial charge in [0.15, 0.2) is 0 Å². The molecule has 1 amide bonds. The second-order valence-corrected chi connectivity index (χ2v) is 6.50. The van der Waals surface area contributed by atoms with Crippen LogP contribution in [0.25, 0.3) is 11.5 Å². The summed E-state index contributed by atoms with van der Waals surface area (Å²) in [4.78, 5) is 24.9. The standard InChI is InChI=1S/C17H24N6O2/c1-13(2)19-15(24)11-22-7-9-23(10-8-22)12-16-20-17(21-25-16)14-5-3-4-6-18-14/h3-6,13H,7-12H2,1-2H3,(H,19,24). The monoisotopic (exact) mass is 344 g/mol. The highest BCUT2D eigenvalue weighted by Crippen LogP contribution is 2.13. The molecule has 0 unspecified atom stereocenters. The fourth-order valence-electron chi connectivity index (χ4n) is 2.79. The van der Waals surface area contributed by atoms with Crippen molar-refractivity contribution >= 4 is 5.91 Å². The van der Waals surface area contributed by atoms with Crippen molar-refractivity contribution in [3.05, 3.63) is 30.3 Å². The molecule has 1 fully saturated rings. The summed E-state index contributed by atoms with van der Waals surface area (Å²) >= 11 is 0. The molecule has 1 N–H and O–H groups in total. The highest BCUT2D eigenvalue weighted by Gasteiger charge is 2.21. The van der Waals surface area contributed by atoms with Crippen LogP contribution in [-0.2, 0) is 11.3 Å². The van der Waals surface area contributed by atoms with Crippen LogP contribution in [0.5, 0.6) is 0 Å². The molecule has 0 aliphatic carbocycles. The van der Waals surface area contributed by atoms with E-state index in [1.807, 2.05) is 32.0 Å². The van der Waals surface area contributed by atoms with E-state index in [9.17, 15) is 4.79 Å². The van der Waals surface area contributed by atoms with Gasteiger partial charge in [0.2, 0.25) is 17.6 Å². The summed E-state index contributed by atoms with van der Waals surface area (Å²) in [6, 6.07) is 5.79. The van der Waals surface area contributed by atoms with Crippen LogP contribution in [0.4, 0.5) is 0 Å². The molecule has 0 spiro atoms. The van der Waals surface area contributed by atoms with Crippen LogP contribution >= 0.6 is 0 Å². The Balaban J connectivity index is 1.46. The van der Waals surface area contributed by atoms with Crippen LogP contribution < -0.4 is 5.32 Å². The van der Waals surface area contributed by atoms with E-state index in [-0.39, 0.29) is 11.9 Å². The number of amides is 1. The van der Waals surface area contributed by atoms with Crippen LogP contribution in [0.3, 0.4) is 0 Å². The molecule has 2 aromatic heterocycles. The molecular formula is C17H24N6O2. The molecule has 8 nitrogen and oxygen atoms in total. The number of piperazine rings is 1. The lowest BCUT2D eigenvalue weighted by Crippen LogP contribution is -2.49. The molecule has 1 aliphatic heterocycles. The summed E-state index contributed by atoms with van der Waals surface area (Å²) in [5, 5.41) is 6.92. The Morgan fingerprint density at radius 1 is 1.24 bits per heavy atom. The fraction of sp³-hybridized carbons (Fsp3) is 0.529. The van der Waals surface area contributed by atoms with E-state index >= 15 is 0 Å². The van der Waals surface area contributed by atoms with E-state index < -0.39 is 0 Å². The minimum absolute atomic E-state index is 0.0837. The first kappa shape index (κ1) is 17.5. The van der Waals surface area contributed by atoms with Gasteiger partial charge < -0.3 is 9.84 Å². The van der Waals surface area contributed by atoms with E-state index in [0.717, 1.165) is 26.2 Å². The van der Waals surface area contributed by atoms with Gasteiger partial charge in [-0.2, -0.15) is 4.98 Å². The Bertz CT molecular complexity index is 679. The average molecular weight is 344 g/mol. The SMILES string of the molecule is CC(C)NC(=O)CN1CCN(Cc2nc(-c3ccccn3)no2)CC1. The molecule has 0 radical (unpaired) electrons. The smallest absolute Gasteiger partial charge is 0.241 e. The van der Waals surface area contributed by atoms with Crippen molar-refractivity contribution in [1.82, 2.24) is 30.2 Å². The number of hydrogen-bond acceptors (Lipinski definition) is 7. The Morgan fingerprint density at radius 3 is 2.68 bits per heavy atom. The third-order valence-corrected chi connectivity index (χ3v) is 4.00. The van der Waals surface area contributed by atoms with Crippen molar-refractivity contribution in [2.75, 3.05) is 32.7 Å². The summed E-state index contributed by atoms with van der Waals surface area (Å²) in [5.74, 6) is 1.19. The summed E-state index contributed by atoms with van der Waals surface area (Å²) < 4.78 is 5.34. The number of rotatable bonds is 6. The van der Waals surface area contributed by atoms with E-state index in [1.54, 1.807) is 6.20 Å². The van der Waals surface area contributed by atoms with Crippen molar-refractivity contribution in [1.29, 1.82) is 0 Å². The largest absolute Gasteiger partial charge is 0.353 e.